The monoisotopic (exact) mass is 370 g/mol. The van der Waals surface area contributed by atoms with Gasteiger partial charge in [0.15, 0.2) is 0 Å². The van der Waals surface area contributed by atoms with Crippen molar-refractivity contribution in [2.45, 2.75) is 51.5 Å². The largest absolute Gasteiger partial charge is 0.375 e. The van der Waals surface area contributed by atoms with Crippen LogP contribution in [0.15, 0.2) is 6.33 Å². The quantitative estimate of drug-likeness (QED) is 0.863. The van der Waals surface area contributed by atoms with Crippen molar-refractivity contribution in [2.24, 2.45) is 23.2 Å². The maximum Gasteiger partial charge on any atom is 0.248 e. The number of ether oxygens (including phenoxy) is 1. The number of anilines is 1. The van der Waals surface area contributed by atoms with Crippen LogP contribution < -0.4 is 5.32 Å². The Hall–Kier alpha value is -1.69. The molecule has 4 aliphatic carbocycles. The summed E-state index contributed by atoms with van der Waals surface area (Å²) in [5.41, 5.74) is 2.67. The molecule has 1 N–H and O–H groups in total. The van der Waals surface area contributed by atoms with E-state index in [9.17, 15) is 4.79 Å². The van der Waals surface area contributed by atoms with Crippen LogP contribution in [0.25, 0.3) is 0 Å². The van der Waals surface area contributed by atoms with Crippen molar-refractivity contribution in [2.75, 3.05) is 32.1 Å². The van der Waals surface area contributed by atoms with Gasteiger partial charge in [0.25, 0.3) is 0 Å². The normalized spacial score (nSPS) is 33.8. The maximum absolute atomic E-state index is 12.1. The number of nitrogens with zero attached hydrogens (tertiary/aromatic N) is 3. The Balaban J connectivity index is 1.29. The van der Waals surface area contributed by atoms with Gasteiger partial charge in [0.1, 0.15) is 18.8 Å². The van der Waals surface area contributed by atoms with Crippen LogP contribution in [0.5, 0.6) is 0 Å². The fourth-order valence-electron chi connectivity index (χ4n) is 6.71. The van der Waals surface area contributed by atoms with Gasteiger partial charge < -0.3 is 15.0 Å². The van der Waals surface area contributed by atoms with Crippen LogP contribution in [-0.4, -0.2) is 47.6 Å². The molecule has 146 valence electrons. The molecule has 4 saturated carbocycles. The van der Waals surface area contributed by atoms with E-state index in [1.54, 1.807) is 13.4 Å². The Morgan fingerprint density at radius 1 is 1.22 bits per heavy atom. The molecule has 1 aromatic rings. The third kappa shape index (κ3) is 3.22. The highest BCUT2D eigenvalue weighted by Crippen LogP contribution is 2.59. The summed E-state index contributed by atoms with van der Waals surface area (Å²) in [5.74, 6) is 3.94. The minimum Gasteiger partial charge on any atom is -0.375 e. The zero-order chi connectivity index (χ0) is 18.4. The SMILES string of the molecule is COCC(=O)N1CCc2c(ncnc2NCC23CC4CC(CC(C4)C2)C3)C1. The topological polar surface area (TPSA) is 67.3 Å². The van der Waals surface area contributed by atoms with Crippen LogP contribution in [0.4, 0.5) is 5.82 Å². The number of rotatable bonds is 5. The first-order valence-electron chi connectivity index (χ1n) is 10.5. The van der Waals surface area contributed by atoms with Crippen LogP contribution in [0, 0.1) is 23.2 Å². The number of nitrogens with one attached hydrogen (secondary N) is 1. The number of amides is 1. The fourth-order valence-corrected chi connectivity index (χ4v) is 6.71. The molecule has 0 radical (unpaired) electrons. The second-order valence-corrected chi connectivity index (χ2v) is 9.42. The smallest absolute Gasteiger partial charge is 0.248 e. The molecule has 1 aliphatic heterocycles. The van der Waals surface area contributed by atoms with Gasteiger partial charge in [0, 0.05) is 25.8 Å². The summed E-state index contributed by atoms with van der Waals surface area (Å²) in [6.07, 6.45) is 11.1. The lowest BCUT2D eigenvalue weighted by molar-refractivity contribution is -0.136. The molecule has 1 aromatic heterocycles. The number of fused-ring (bicyclic) bond motifs is 1. The van der Waals surface area contributed by atoms with E-state index in [-0.39, 0.29) is 12.5 Å². The van der Waals surface area contributed by atoms with E-state index in [2.05, 4.69) is 15.3 Å². The van der Waals surface area contributed by atoms with Crippen molar-refractivity contribution < 1.29 is 9.53 Å². The highest BCUT2D eigenvalue weighted by Gasteiger charge is 2.50. The third-order valence-corrected chi connectivity index (χ3v) is 7.42. The molecule has 1 amide bonds. The average molecular weight is 370 g/mol. The molecular weight excluding hydrogens is 340 g/mol. The molecule has 4 fully saturated rings. The van der Waals surface area contributed by atoms with E-state index in [1.807, 2.05) is 4.90 Å². The van der Waals surface area contributed by atoms with Gasteiger partial charge in [-0.15, -0.1) is 0 Å². The first-order chi connectivity index (χ1) is 13.1. The average Bonchev–Trinajstić information content (AvgIpc) is 2.65. The van der Waals surface area contributed by atoms with Gasteiger partial charge in [-0.3, -0.25) is 4.79 Å². The zero-order valence-corrected chi connectivity index (χ0v) is 16.2. The summed E-state index contributed by atoms with van der Waals surface area (Å²) >= 11 is 0. The van der Waals surface area contributed by atoms with Crippen molar-refractivity contribution in [3.63, 3.8) is 0 Å². The molecule has 2 heterocycles. The predicted octanol–water partition coefficient (Wildman–Crippen LogP) is 2.64. The van der Waals surface area contributed by atoms with E-state index >= 15 is 0 Å². The lowest BCUT2D eigenvalue weighted by atomic mass is 9.49. The summed E-state index contributed by atoms with van der Waals surface area (Å²) < 4.78 is 4.99. The zero-order valence-electron chi connectivity index (χ0n) is 16.2. The van der Waals surface area contributed by atoms with E-state index in [4.69, 9.17) is 4.74 Å². The van der Waals surface area contributed by atoms with E-state index in [0.29, 0.717) is 18.5 Å². The minimum absolute atomic E-state index is 0.0323. The fraction of sp³-hybridized carbons (Fsp3) is 0.762. The molecule has 27 heavy (non-hydrogen) atoms. The highest BCUT2D eigenvalue weighted by atomic mass is 16.5. The number of carbonyl (C=O) groups excluding carboxylic acids is 1. The molecule has 0 saturated heterocycles. The summed E-state index contributed by atoms with van der Waals surface area (Å²) in [5, 5.41) is 3.72. The van der Waals surface area contributed by atoms with Gasteiger partial charge >= 0.3 is 0 Å². The lowest BCUT2D eigenvalue weighted by Gasteiger charge is -2.57. The molecular formula is C21H30N4O2. The molecule has 6 heteroatoms. The number of hydrogen-bond donors (Lipinski definition) is 1. The Labute approximate surface area is 161 Å². The van der Waals surface area contributed by atoms with Crippen molar-refractivity contribution >= 4 is 11.7 Å². The summed E-state index contributed by atoms with van der Waals surface area (Å²) in [4.78, 5) is 23.0. The van der Waals surface area contributed by atoms with E-state index in [0.717, 1.165) is 42.2 Å². The van der Waals surface area contributed by atoms with Crippen molar-refractivity contribution in [3.8, 4) is 0 Å². The van der Waals surface area contributed by atoms with Gasteiger partial charge in [0.05, 0.1) is 12.2 Å². The second-order valence-electron chi connectivity index (χ2n) is 9.42. The lowest BCUT2D eigenvalue weighted by Crippen LogP contribution is -2.49. The minimum atomic E-state index is 0.0323. The van der Waals surface area contributed by atoms with Crippen molar-refractivity contribution in [1.82, 2.24) is 14.9 Å². The predicted molar refractivity (Wildman–Crippen MR) is 102 cm³/mol. The maximum atomic E-state index is 12.1. The van der Waals surface area contributed by atoms with E-state index in [1.165, 1.54) is 44.1 Å². The molecule has 6 rings (SSSR count). The second kappa shape index (κ2) is 6.73. The Morgan fingerprint density at radius 3 is 2.59 bits per heavy atom. The summed E-state index contributed by atoms with van der Waals surface area (Å²) in [6, 6.07) is 0. The molecule has 0 spiro atoms. The van der Waals surface area contributed by atoms with Crippen molar-refractivity contribution in [1.29, 1.82) is 0 Å². The summed E-state index contributed by atoms with van der Waals surface area (Å²) in [7, 11) is 1.56. The molecule has 5 aliphatic rings. The number of aromatic nitrogens is 2. The van der Waals surface area contributed by atoms with Crippen molar-refractivity contribution in [3.05, 3.63) is 17.6 Å². The van der Waals surface area contributed by atoms with Crippen LogP contribution in [-0.2, 0) is 22.5 Å². The number of hydrogen-bond acceptors (Lipinski definition) is 5. The van der Waals surface area contributed by atoms with Crippen LogP contribution in [0.3, 0.4) is 0 Å². The first-order valence-corrected chi connectivity index (χ1v) is 10.5. The Bertz CT molecular complexity index is 700. The first kappa shape index (κ1) is 17.4. The highest BCUT2D eigenvalue weighted by molar-refractivity contribution is 5.77. The van der Waals surface area contributed by atoms with Gasteiger partial charge in [0.2, 0.25) is 5.91 Å². The molecule has 0 atom stereocenters. The Kier molecular flexibility index (Phi) is 4.34. The van der Waals surface area contributed by atoms with E-state index < -0.39 is 0 Å². The van der Waals surface area contributed by atoms with Crippen LogP contribution in [0.1, 0.15) is 49.8 Å². The van der Waals surface area contributed by atoms with Crippen LogP contribution in [0.2, 0.25) is 0 Å². The summed E-state index contributed by atoms with van der Waals surface area (Å²) in [6.45, 7) is 2.46. The van der Waals surface area contributed by atoms with Gasteiger partial charge in [-0.25, -0.2) is 9.97 Å². The van der Waals surface area contributed by atoms with Gasteiger partial charge in [-0.2, -0.15) is 0 Å². The third-order valence-electron chi connectivity index (χ3n) is 7.42. The van der Waals surface area contributed by atoms with Gasteiger partial charge in [-0.05, 0) is 68.1 Å². The number of methoxy groups -OCH3 is 1. The van der Waals surface area contributed by atoms with Gasteiger partial charge in [-0.1, -0.05) is 0 Å². The molecule has 0 aromatic carbocycles. The number of carbonyl (C=O) groups is 1. The molecule has 4 bridgehead atoms. The molecule has 0 unspecified atom stereocenters. The van der Waals surface area contributed by atoms with Crippen LogP contribution >= 0.6 is 0 Å². The Morgan fingerprint density at radius 2 is 1.93 bits per heavy atom. The molecule has 6 nitrogen and oxygen atoms in total. The standard InChI is InChI=1S/C21H30N4O2/c1-27-11-19(26)25-3-2-17-18(10-25)23-13-24-20(17)22-12-21-7-14-4-15(8-21)6-16(5-14)9-21/h13-16H,2-12H2,1H3,(H,22,23,24).